The summed E-state index contributed by atoms with van der Waals surface area (Å²) in [6, 6.07) is 8.95. The van der Waals surface area contributed by atoms with E-state index in [9.17, 15) is 0 Å². The van der Waals surface area contributed by atoms with Crippen LogP contribution < -0.4 is 4.74 Å². The van der Waals surface area contributed by atoms with E-state index in [1.165, 1.54) is 89.0 Å². The van der Waals surface area contributed by atoms with Gasteiger partial charge in [-0.25, -0.2) is 0 Å². The van der Waals surface area contributed by atoms with Crippen molar-refractivity contribution < 1.29 is 4.74 Å². The van der Waals surface area contributed by atoms with Gasteiger partial charge < -0.3 is 4.74 Å². The zero-order valence-electron chi connectivity index (χ0n) is 17.9. The van der Waals surface area contributed by atoms with Gasteiger partial charge in [0.05, 0.1) is 6.61 Å². The summed E-state index contributed by atoms with van der Waals surface area (Å²) in [5.41, 5.74) is 1.48. The Morgan fingerprint density at radius 1 is 0.778 bits per heavy atom. The molecule has 0 saturated heterocycles. The zero-order valence-corrected chi connectivity index (χ0v) is 17.9. The van der Waals surface area contributed by atoms with Gasteiger partial charge in [-0.15, -0.1) is 0 Å². The summed E-state index contributed by atoms with van der Waals surface area (Å²) in [6.07, 6.45) is 18.2. The zero-order chi connectivity index (χ0) is 18.9. The van der Waals surface area contributed by atoms with E-state index in [0.717, 1.165) is 36.0 Å². The van der Waals surface area contributed by atoms with E-state index in [1.54, 1.807) is 0 Å². The van der Waals surface area contributed by atoms with Gasteiger partial charge in [0, 0.05) is 0 Å². The number of benzene rings is 1. The quantitative estimate of drug-likeness (QED) is 0.402. The molecular formula is C26H42O. The van der Waals surface area contributed by atoms with Gasteiger partial charge in [-0.2, -0.15) is 0 Å². The molecule has 2 saturated carbocycles. The van der Waals surface area contributed by atoms with E-state index in [1.807, 2.05) is 0 Å². The van der Waals surface area contributed by atoms with Crippen LogP contribution in [-0.4, -0.2) is 6.61 Å². The molecule has 1 heteroatoms. The van der Waals surface area contributed by atoms with Gasteiger partial charge >= 0.3 is 0 Å². The number of aryl methyl sites for hydroxylation is 1. The molecule has 0 amide bonds. The lowest BCUT2D eigenvalue weighted by Crippen LogP contribution is -2.14. The Hall–Kier alpha value is -0.980. The summed E-state index contributed by atoms with van der Waals surface area (Å²) in [5, 5.41) is 0. The molecule has 3 rings (SSSR count). The maximum atomic E-state index is 5.99. The van der Waals surface area contributed by atoms with Crippen LogP contribution in [-0.2, 0) is 6.42 Å². The highest BCUT2D eigenvalue weighted by Gasteiger charge is 2.20. The van der Waals surface area contributed by atoms with Crippen molar-refractivity contribution in [3.63, 3.8) is 0 Å². The molecule has 27 heavy (non-hydrogen) atoms. The van der Waals surface area contributed by atoms with E-state index >= 15 is 0 Å². The summed E-state index contributed by atoms with van der Waals surface area (Å²) in [5.74, 6) is 4.95. The average Bonchev–Trinajstić information content (AvgIpc) is 2.72. The summed E-state index contributed by atoms with van der Waals surface area (Å²) in [7, 11) is 0. The first kappa shape index (κ1) is 20.7. The van der Waals surface area contributed by atoms with E-state index in [-0.39, 0.29) is 0 Å². The second kappa shape index (κ2) is 11.1. The van der Waals surface area contributed by atoms with Gasteiger partial charge in [-0.05, 0) is 67.1 Å². The lowest BCUT2D eigenvalue weighted by Gasteiger charge is -2.27. The number of ether oxygens (including phenoxy) is 1. The highest BCUT2D eigenvalue weighted by molar-refractivity contribution is 5.27. The lowest BCUT2D eigenvalue weighted by atomic mass is 9.78. The molecule has 2 aliphatic carbocycles. The van der Waals surface area contributed by atoms with Crippen LogP contribution in [0.2, 0.25) is 0 Å². The minimum atomic E-state index is 0.881. The van der Waals surface area contributed by atoms with Crippen molar-refractivity contribution in [3.05, 3.63) is 29.8 Å². The van der Waals surface area contributed by atoms with Gasteiger partial charge in [0.1, 0.15) is 5.75 Å². The van der Waals surface area contributed by atoms with E-state index in [0.29, 0.717) is 0 Å². The Balaban J connectivity index is 1.28. The third-order valence-electron chi connectivity index (χ3n) is 7.47. The molecule has 0 N–H and O–H groups in total. The molecule has 0 unspecified atom stereocenters. The van der Waals surface area contributed by atoms with Crippen molar-refractivity contribution >= 4 is 0 Å². The van der Waals surface area contributed by atoms with Gasteiger partial charge in [-0.1, -0.05) is 83.8 Å². The molecular weight excluding hydrogens is 328 g/mol. The standard InChI is InChI=1S/C26H42O/c1-3-22-10-12-24(13-11-22)14-15-25-16-18-26(19-17-25)27-20-4-5-23-8-6-21(2)7-9-23/h16-19,21-24H,3-15,20H2,1-2H3/t21-,22-,23-,24-. The largest absolute Gasteiger partial charge is 0.494 e. The normalized spacial score (nSPS) is 28.8. The minimum absolute atomic E-state index is 0.881. The van der Waals surface area contributed by atoms with Gasteiger partial charge in [0.15, 0.2) is 0 Å². The monoisotopic (exact) mass is 370 g/mol. The SMILES string of the molecule is CC[C@H]1CC[C@H](CCc2ccc(OCCC[C@H]3CC[C@H](C)CC3)cc2)CC1. The van der Waals surface area contributed by atoms with Crippen molar-refractivity contribution in [1.29, 1.82) is 0 Å². The van der Waals surface area contributed by atoms with Crippen LogP contribution in [0.1, 0.15) is 96.5 Å². The fourth-order valence-electron chi connectivity index (χ4n) is 5.23. The second-order valence-corrected chi connectivity index (χ2v) is 9.59. The third kappa shape index (κ3) is 7.16. The van der Waals surface area contributed by atoms with Crippen LogP contribution in [0, 0.1) is 23.7 Å². The molecule has 2 fully saturated rings. The summed E-state index contributed by atoms with van der Waals surface area (Å²) in [6.45, 7) is 5.64. The second-order valence-electron chi connectivity index (χ2n) is 9.59. The molecule has 152 valence electrons. The average molecular weight is 371 g/mol. The predicted molar refractivity (Wildman–Crippen MR) is 116 cm³/mol. The Bertz CT molecular complexity index is 504. The molecule has 0 spiro atoms. The predicted octanol–water partition coefficient (Wildman–Crippen LogP) is 7.82. The van der Waals surface area contributed by atoms with Crippen LogP contribution in [0.15, 0.2) is 24.3 Å². The Morgan fingerprint density at radius 2 is 1.37 bits per heavy atom. The Morgan fingerprint density at radius 3 is 2.04 bits per heavy atom. The number of hydrogen-bond acceptors (Lipinski definition) is 1. The topological polar surface area (TPSA) is 9.23 Å². The molecule has 0 bridgehead atoms. The first-order valence-corrected chi connectivity index (χ1v) is 11.9. The number of hydrogen-bond donors (Lipinski definition) is 0. The molecule has 2 aliphatic rings. The van der Waals surface area contributed by atoms with Crippen molar-refractivity contribution in [3.8, 4) is 5.75 Å². The summed E-state index contributed by atoms with van der Waals surface area (Å²) in [4.78, 5) is 0. The molecule has 0 atom stereocenters. The lowest BCUT2D eigenvalue weighted by molar-refractivity contribution is 0.245. The Labute approximate surface area is 168 Å². The molecule has 1 aromatic rings. The molecule has 1 nitrogen and oxygen atoms in total. The Kier molecular flexibility index (Phi) is 8.55. The minimum Gasteiger partial charge on any atom is -0.494 e. The van der Waals surface area contributed by atoms with Crippen molar-refractivity contribution in [2.45, 2.75) is 97.3 Å². The van der Waals surface area contributed by atoms with Gasteiger partial charge in [-0.3, -0.25) is 0 Å². The van der Waals surface area contributed by atoms with Crippen molar-refractivity contribution in [2.24, 2.45) is 23.7 Å². The van der Waals surface area contributed by atoms with Crippen molar-refractivity contribution in [1.82, 2.24) is 0 Å². The van der Waals surface area contributed by atoms with E-state index in [2.05, 4.69) is 38.1 Å². The maximum Gasteiger partial charge on any atom is 0.119 e. The fraction of sp³-hybridized carbons (Fsp3) is 0.769. The van der Waals surface area contributed by atoms with Crippen LogP contribution in [0.5, 0.6) is 5.75 Å². The fourth-order valence-corrected chi connectivity index (χ4v) is 5.23. The van der Waals surface area contributed by atoms with Crippen LogP contribution in [0.25, 0.3) is 0 Å². The first-order chi connectivity index (χ1) is 13.2. The van der Waals surface area contributed by atoms with Gasteiger partial charge in [0.2, 0.25) is 0 Å². The highest BCUT2D eigenvalue weighted by Crippen LogP contribution is 2.33. The van der Waals surface area contributed by atoms with Crippen LogP contribution in [0.3, 0.4) is 0 Å². The maximum absolute atomic E-state index is 5.99. The highest BCUT2D eigenvalue weighted by atomic mass is 16.5. The summed E-state index contributed by atoms with van der Waals surface area (Å²) < 4.78 is 5.99. The van der Waals surface area contributed by atoms with Crippen molar-refractivity contribution in [2.75, 3.05) is 6.61 Å². The molecule has 1 aromatic carbocycles. The molecule has 0 aromatic heterocycles. The van der Waals surface area contributed by atoms with Gasteiger partial charge in [0.25, 0.3) is 0 Å². The smallest absolute Gasteiger partial charge is 0.119 e. The van der Waals surface area contributed by atoms with E-state index < -0.39 is 0 Å². The summed E-state index contributed by atoms with van der Waals surface area (Å²) >= 11 is 0. The van der Waals surface area contributed by atoms with Crippen LogP contribution in [0.4, 0.5) is 0 Å². The molecule has 0 heterocycles. The van der Waals surface area contributed by atoms with Crippen LogP contribution >= 0.6 is 0 Å². The third-order valence-corrected chi connectivity index (χ3v) is 7.47. The first-order valence-electron chi connectivity index (χ1n) is 11.9. The molecule has 0 aliphatic heterocycles. The molecule has 0 radical (unpaired) electrons. The number of rotatable bonds is 9. The van der Waals surface area contributed by atoms with E-state index in [4.69, 9.17) is 4.74 Å².